The van der Waals surface area contributed by atoms with Crippen LogP contribution in [-0.2, 0) is 0 Å². The lowest BCUT2D eigenvalue weighted by molar-refractivity contribution is -0.360. The van der Waals surface area contributed by atoms with E-state index in [2.05, 4.69) is 9.47 Å². The van der Waals surface area contributed by atoms with Gasteiger partial charge in [0, 0.05) is 34.6 Å². The predicted molar refractivity (Wildman–Crippen MR) is 84.0 cm³/mol. The molecule has 0 bridgehead atoms. The zero-order chi connectivity index (χ0) is 23.1. The molecule has 0 aliphatic carbocycles. The maximum atomic E-state index is 13.3. The van der Waals surface area contributed by atoms with Crippen LogP contribution in [0.5, 0.6) is 11.5 Å². The van der Waals surface area contributed by atoms with Crippen LogP contribution < -0.4 is 20.9 Å². The zero-order valence-corrected chi connectivity index (χ0v) is 14.2. The number of anilines is 2. The molecule has 0 unspecified atom stereocenters. The SMILES string of the molecule is Nc1ccc(-c2ccc(N)cc2OC(F)(F)C(F)(F)F)c(OC(F)(F)C(F)(F)F)c1. The minimum Gasteiger partial charge on any atom is -0.425 e. The monoisotopic (exact) mass is 452 g/mol. The van der Waals surface area contributed by atoms with E-state index in [-0.39, 0.29) is 11.4 Å². The summed E-state index contributed by atoms with van der Waals surface area (Å²) in [7, 11) is 0. The molecule has 0 radical (unpaired) electrons. The van der Waals surface area contributed by atoms with Gasteiger partial charge in [0.15, 0.2) is 0 Å². The Balaban J connectivity index is 2.63. The minimum atomic E-state index is -6.17. The molecule has 0 atom stereocenters. The van der Waals surface area contributed by atoms with E-state index in [0.717, 1.165) is 24.3 Å². The highest BCUT2D eigenvalue weighted by atomic mass is 19.4. The van der Waals surface area contributed by atoms with E-state index in [0.29, 0.717) is 12.1 Å². The van der Waals surface area contributed by atoms with Crippen molar-refractivity contribution in [2.24, 2.45) is 0 Å². The highest BCUT2D eigenvalue weighted by Gasteiger charge is 2.62. The van der Waals surface area contributed by atoms with Crippen LogP contribution in [-0.4, -0.2) is 24.6 Å². The molecular weight excluding hydrogens is 442 g/mol. The Morgan fingerprint density at radius 3 is 1.10 bits per heavy atom. The fraction of sp³-hybridized carbons (Fsp3) is 0.250. The van der Waals surface area contributed by atoms with Crippen LogP contribution in [0.25, 0.3) is 11.1 Å². The molecule has 0 amide bonds. The molecule has 4 nitrogen and oxygen atoms in total. The van der Waals surface area contributed by atoms with E-state index in [1.54, 1.807) is 0 Å². The number of ether oxygens (including phenoxy) is 2. The molecule has 0 spiro atoms. The van der Waals surface area contributed by atoms with Gasteiger partial charge < -0.3 is 20.9 Å². The van der Waals surface area contributed by atoms with Gasteiger partial charge in [0.2, 0.25) is 0 Å². The third-order valence-electron chi connectivity index (χ3n) is 3.44. The molecule has 0 saturated heterocycles. The van der Waals surface area contributed by atoms with Gasteiger partial charge in [0.25, 0.3) is 0 Å². The summed E-state index contributed by atoms with van der Waals surface area (Å²) in [5, 5.41) is 0. The normalized spacial score (nSPS) is 13.3. The van der Waals surface area contributed by atoms with Crippen molar-refractivity contribution >= 4 is 11.4 Å². The van der Waals surface area contributed by atoms with E-state index in [1.807, 2.05) is 0 Å². The van der Waals surface area contributed by atoms with Crippen molar-refractivity contribution in [3.63, 3.8) is 0 Å². The second-order valence-corrected chi connectivity index (χ2v) is 5.74. The van der Waals surface area contributed by atoms with Gasteiger partial charge in [0.05, 0.1) is 0 Å². The largest absolute Gasteiger partial charge is 0.499 e. The molecule has 0 heterocycles. The molecule has 166 valence electrons. The summed E-state index contributed by atoms with van der Waals surface area (Å²) in [5.41, 5.74) is 8.42. The smallest absolute Gasteiger partial charge is 0.425 e. The van der Waals surface area contributed by atoms with Gasteiger partial charge in [-0.2, -0.15) is 43.9 Å². The number of halogens is 10. The summed E-state index contributed by atoms with van der Waals surface area (Å²) >= 11 is 0. The molecule has 0 aromatic heterocycles. The predicted octanol–water partition coefficient (Wildman–Crippen LogP) is 5.59. The van der Waals surface area contributed by atoms with Gasteiger partial charge in [-0.1, -0.05) is 0 Å². The molecule has 0 fully saturated rings. The first-order valence-corrected chi connectivity index (χ1v) is 7.51. The lowest BCUT2D eigenvalue weighted by atomic mass is 10.0. The van der Waals surface area contributed by atoms with Crippen molar-refractivity contribution in [2.45, 2.75) is 24.6 Å². The highest BCUT2D eigenvalue weighted by Crippen LogP contribution is 2.46. The number of alkyl halides is 10. The lowest BCUT2D eigenvalue weighted by Gasteiger charge is -2.24. The van der Waals surface area contributed by atoms with Crippen LogP contribution in [0.4, 0.5) is 55.3 Å². The summed E-state index contributed by atoms with van der Waals surface area (Å²) in [5.74, 6) is -2.52. The number of hydrogen-bond acceptors (Lipinski definition) is 4. The Morgan fingerprint density at radius 1 is 0.533 bits per heavy atom. The molecule has 14 heteroatoms. The Bertz CT molecular complexity index is 850. The Morgan fingerprint density at radius 2 is 0.833 bits per heavy atom. The van der Waals surface area contributed by atoms with E-state index in [1.165, 1.54) is 0 Å². The van der Waals surface area contributed by atoms with Gasteiger partial charge in [-0.3, -0.25) is 0 Å². The molecule has 30 heavy (non-hydrogen) atoms. The van der Waals surface area contributed by atoms with Crippen molar-refractivity contribution in [1.82, 2.24) is 0 Å². The highest BCUT2D eigenvalue weighted by molar-refractivity contribution is 5.79. The topological polar surface area (TPSA) is 70.5 Å². The van der Waals surface area contributed by atoms with Gasteiger partial charge in [-0.25, -0.2) is 0 Å². The minimum absolute atomic E-state index is 0.370. The van der Waals surface area contributed by atoms with Gasteiger partial charge in [-0.05, 0) is 24.3 Å². The number of nitrogens with two attached hydrogens (primary N) is 2. The van der Waals surface area contributed by atoms with Crippen molar-refractivity contribution in [2.75, 3.05) is 11.5 Å². The third kappa shape index (κ3) is 4.74. The zero-order valence-electron chi connectivity index (χ0n) is 14.2. The molecule has 0 aliphatic heterocycles. The average molecular weight is 452 g/mol. The summed E-state index contributed by atoms with van der Waals surface area (Å²) in [6.45, 7) is 0. The van der Waals surface area contributed by atoms with Crippen LogP contribution >= 0.6 is 0 Å². The van der Waals surface area contributed by atoms with Crippen molar-refractivity contribution in [3.05, 3.63) is 36.4 Å². The molecule has 4 N–H and O–H groups in total. The standard InChI is InChI=1S/C16H10F10N2O2/c17-13(18,19)15(23,24)29-11-5-7(27)1-3-9(11)10-4-2-8(28)6-12(10)30-16(25,26)14(20,21)22/h1-6H,27-28H2. The van der Waals surface area contributed by atoms with Crippen LogP contribution in [0.15, 0.2) is 36.4 Å². The number of rotatable bonds is 5. The van der Waals surface area contributed by atoms with Crippen molar-refractivity contribution < 1.29 is 53.4 Å². The molecule has 2 rings (SSSR count). The first-order chi connectivity index (χ1) is 13.4. The second-order valence-electron chi connectivity index (χ2n) is 5.74. The molecular formula is C16H10F10N2O2. The first-order valence-electron chi connectivity index (χ1n) is 7.51. The lowest BCUT2D eigenvalue weighted by Crippen LogP contribution is -2.42. The fourth-order valence-corrected chi connectivity index (χ4v) is 2.08. The quantitative estimate of drug-likeness (QED) is 0.459. The van der Waals surface area contributed by atoms with E-state index in [4.69, 9.17) is 11.5 Å². The van der Waals surface area contributed by atoms with Crippen LogP contribution in [0.2, 0.25) is 0 Å². The Hall–Kier alpha value is -3.06. The molecule has 0 aliphatic rings. The van der Waals surface area contributed by atoms with Gasteiger partial charge >= 0.3 is 24.6 Å². The van der Waals surface area contributed by atoms with Gasteiger partial charge in [-0.15, -0.1) is 0 Å². The Labute approximate surface area is 161 Å². The first kappa shape index (κ1) is 23.2. The number of nitrogen functional groups attached to an aromatic ring is 2. The fourth-order valence-electron chi connectivity index (χ4n) is 2.08. The van der Waals surface area contributed by atoms with Gasteiger partial charge in [0.1, 0.15) is 11.5 Å². The van der Waals surface area contributed by atoms with Crippen LogP contribution in [0.1, 0.15) is 0 Å². The van der Waals surface area contributed by atoms with E-state index in [9.17, 15) is 43.9 Å². The number of hydrogen-bond donors (Lipinski definition) is 2. The molecule has 0 saturated carbocycles. The summed E-state index contributed by atoms with van der Waals surface area (Å²) in [6.07, 6.45) is -23.8. The Kier molecular flexibility index (Phi) is 5.67. The van der Waals surface area contributed by atoms with E-state index < -0.39 is 47.2 Å². The summed E-state index contributed by atoms with van der Waals surface area (Å²) in [6, 6.07) is 4.43. The third-order valence-corrected chi connectivity index (χ3v) is 3.44. The van der Waals surface area contributed by atoms with Crippen molar-refractivity contribution in [1.29, 1.82) is 0 Å². The second kappa shape index (κ2) is 7.32. The van der Waals surface area contributed by atoms with Crippen LogP contribution in [0.3, 0.4) is 0 Å². The summed E-state index contributed by atoms with van der Waals surface area (Å²) in [4.78, 5) is 0. The molecule has 2 aromatic carbocycles. The average Bonchev–Trinajstić information content (AvgIpc) is 2.53. The maximum absolute atomic E-state index is 13.3. The van der Waals surface area contributed by atoms with Crippen molar-refractivity contribution in [3.8, 4) is 22.6 Å². The van der Waals surface area contributed by atoms with Crippen LogP contribution in [0, 0.1) is 0 Å². The summed E-state index contributed by atoms with van der Waals surface area (Å²) < 4.78 is 135. The number of benzene rings is 2. The maximum Gasteiger partial charge on any atom is 0.499 e. The molecule has 2 aromatic rings. The van der Waals surface area contributed by atoms with E-state index >= 15 is 0 Å².